The summed E-state index contributed by atoms with van der Waals surface area (Å²) in [6.07, 6.45) is 6.17. The van der Waals surface area contributed by atoms with Gasteiger partial charge >= 0.3 is 0 Å². The molecule has 0 heterocycles. The fraction of sp³-hybridized carbons (Fsp3) is 0.846. The lowest BCUT2D eigenvalue weighted by Gasteiger charge is -2.26. The van der Waals surface area contributed by atoms with Crippen molar-refractivity contribution in [1.82, 2.24) is 4.90 Å². The van der Waals surface area contributed by atoms with Gasteiger partial charge in [0.2, 0.25) is 5.91 Å². The number of carbonyl (C=O) groups excluding carboxylic acids is 1. The predicted octanol–water partition coefficient (Wildman–Crippen LogP) is 2.33. The molecule has 106 valence electrons. The number of nitrogens with zero attached hydrogens (tertiary/aromatic N) is 2. The van der Waals surface area contributed by atoms with Crippen molar-refractivity contribution in [3.63, 3.8) is 0 Å². The average molecular weight is 257 g/mol. The largest absolute Gasteiger partial charge is 0.409 e. The monoisotopic (exact) mass is 257 g/mol. The number of nitrogens with two attached hydrogens (primary N) is 1. The van der Waals surface area contributed by atoms with Crippen LogP contribution in [-0.4, -0.2) is 34.4 Å². The Morgan fingerprint density at radius 2 is 1.89 bits per heavy atom. The highest BCUT2D eigenvalue weighted by molar-refractivity contribution is 5.87. The lowest BCUT2D eigenvalue weighted by Crippen LogP contribution is -2.42. The van der Waals surface area contributed by atoms with Crippen molar-refractivity contribution >= 4 is 11.7 Å². The summed E-state index contributed by atoms with van der Waals surface area (Å²) < 4.78 is 0. The van der Waals surface area contributed by atoms with E-state index in [4.69, 9.17) is 10.9 Å². The van der Waals surface area contributed by atoms with Crippen molar-refractivity contribution in [3.8, 4) is 0 Å². The van der Waals surface area contributed by atoms with Gasteiger partial charge in [0.1, 0.15) is 0 Å². The molecule has 1 amide bonds. The fourth-order valence-corrected chi connectivity index (χ4v) is 1.79. The number of hydrogen-bond acceptors (Lipinski definition) is 3. The highest BCUT2D eigenvalue weighted by Crippen LogP contribution is 2.08. The Balaban J connectivity index is 4.07. The molecule has 0 fully saturated rings. The third-order valence-corrected chi connectivity index (χ3v) is 2.90. The van der Waals surface area contributed by atoms with Crippen molar-refractivity contribution in [2.45, 2.75) is 65.3 Å². The van der Waals surface area contributed by atoms with Gasteiger partial charge in [-0.2, -0.15) is 0 Å². The number of unbranched alkanes of at least 4 members (excludes halogenated alkanes) is 4. The Bertz CT molecular complexity index is 265. The molecule has 5 heteroatoms. The molecular formula is C13H27N3O2. The van der Waals surface area contributed by atoms with Gasteiger partial charge < -0.3 is 15.8 Å². The SMILES string of the molecule is CCCCCCCC(=O)N(CC(N)=NO)C(C)C. The van der Waals surface area contributed by atoms with E-state index in [9.17, 15) is 4.79 Å². The maximum absolute atomic E-state index is 12.0. The summed E-state index contributed by atoms with van der Waals surface area (Å²) >= 11 is 0. The summed E-state index contributed by atoms with van der Waals surface area (Å²) in [6, 6.07) is 0.0634. The molecule has 3 N–H and O–H groups in total. The van der Waals surface area contributed by atoms with Crippen LogP contribution in [0.25, 0.3) is 0 Å². The molecule has 0 aromatic carbocycles. The van der Waals surface area contributed by atoms with Gasteiger partial charge in [0, 0.05) is 12.5 Å². The summed E-state index contributed by atoms with van der Waals surface area (Å²) in [5, 5.41) is 11.5. The molecule has 0 atom stereocenters. The molecule has 0 aliphatic carbocycles. The molecule has 18 heavy (non-hydrogen) atoms. The van der Waals surface area contributed by atoms with Crippen LogP contribution in [-0.2, 0) is 4.79 Å². The van der Waals surface area contributed by atoms with E-state index in [2.05, 4.69) is 12.1 Å². The Hall–Kier alpha value is -1.26. The summed E-state index contributed by atoms with van der Waals surface area (Å²) in [6.45, 7) is 6.23. The maximum Gasteiger partial charge on any atom is 0.223 e. The van der Waals surface area contributed by atoms with Gasteiger partial charge in [-0.25, -0.2) is 0 Å². The second-order valence-electron chi connectivity index (χ2n) is 4.87. The molecule has 0 saturated carbocycles. The van der Waals surface area contributed by atoms with Crippen LogP contribution < -0.4 is 5.73 Å². The van der Waals surface area contributed by atoms with Crippen LogP contribution in [0.5, 0.6) is 0 Å². The quantitative estimate of drug-likeness (QED) is 0.219. The Morgan fingerprint density at radius 3 is 2.39 bits per heavy atom. The number of amidine groups is 1. The standard InChI is InChI=1S/C13H27N3O2/c1-4-5-6-7-8-9-13(17)16(11(2)3)10-12(14)15-18/h11,18H,4-10H2,1-3H3,(H2,14,15). The molecule has 5 nitrogen and oxygen atoms in total. The number of carbonyl (C=O) groups is 1. The zero-order valence-electron chi connectivity index (χ0n) is 11.9. The fourth-order valence-electron chi connectivity index (χ4n) is 1.79. The van der Waals surface area contributed by atoms with Gasteiger partial charge in [0.15, 0.2) is 5.84 Å². The molecule has 0 aromatic rings. The van der Waals surface area contributed by atoms with Gasteiger partial charge in [-0.05, 0) is 20.3 Å². The lowest BCUT2D eigenvalue weighted by molar-refractivity contribution is -0.132. The first-order valence-corrected chi connectivity index (χ1v) is 6.78. The number of oxime groups is 1. The van der Waals surface area contributed by atoms with E-state index in [1.807, 2.05) is 13.8 Å². The molecule has 0 bridgehead atoms. The Morgan fingerprint density at radius 1 is 1.28 bits per heavy atom. The molecule has 0 aromatic heterocycles. The van der Waals surface area contributed by atoms with Crippen LogP contribution in [0, 0.1) is 0 Å². The van der Waals surface area contributed by atoms with Crippen LogP contribution >= 0.6 is 0 Å². The Labute approximate surface area is 110 Å². The van der Waals surface area contributed by atoms with E-state index < -0.39 is 0 Å². The van der Waals surface area contributed by atoms with Crippen molar-refractivity contribution in [1.29, 1.82) is 0 Å². The molecule has 0 saturated heterocycles. The van der Waals surface area contributed by atoms with Gasteiger partial charge in [-0.15, -0.1) is 0 Å². The third kappa shape index (κ3) is 7.14. The van der Waals surface area contributed by atoms with Gasteiger partial charge in [0.25, 0.3) is 0 Å². The predicted molar refractivity (Wildman–Crippen MR) is 73.6 cm³/mol. The summed E-state index contributed by atoms with van der Waals surface area (Å²) in [4.78, 5) is 13.7. The molecule has 0 aliphatic rings. The zero-order valence-corrected chi connectivity index (χ0v) is 11.9. The summed E-state index contributed by atoms with van der Waals surface area (Å²) in [5.74, 6) is 0.149. The number of hydrogen-bond donors (Lipinski definition) is 2. The van der Waals surface area contributed by atoms with E-state index >= 15 is 0 Å². The molecular weight excluding hydrogens is 230 g/mol. The molecule has 0 aliphatic heterocycles. The van der Waals surface area contributed by atoms with Crippen LogP contribution in [0.2, 0.25) is 0 Å². The Kier molecular flexibility index (Phi) is 9.06. The third-order valence-electron chi connectivity index (χ3n) is 2.90. The van der Waals surface area contributed by atoms with Crippen molar-refractivity contribution in [3.05, 3.63) is 0 Å². The first-order valence-electron chi connectivity index (χ1n) is 6.78. The molecule has 0 rings (SSSR count). The topological polar surface area (TPSA) is 78.9 Å². The average Bonchev–Trinajstić information content (AvgIpc) is 2.34. The number of rotatable bonds is 9. The van der Waals surface area contributed by atoms with Crippen molar-refractivity contribution in [2.75, 3.05) is 6.54 Å². The van der Waals surface area contributed by atoms with Crippen LogP contribution in [0.15, 0.2) is 5.16 Å². The van der Waals surface area contributed by atoms with Crippen LogP contribution in [0.4, 0.5) is 0 Å². The molecule has 0 spiro atoms. The first-order chi connectivity index (χ1) is 8.52. The highest BCUT2D eigenvalue weighted by Gasteiger charge is 2.17. The minimum Gasteiger partial charge on any atom is -0.409 e. The maximum atomic E-state index is 12.0. The van der Waals surface area contributed by atoms with Gasteiger partial charge in [0.05, 0.1) is 6.54 Å². The second-order valence-corrected chi connectivity index (χ2v) is 4.87. The second kappa shape index (κ2) is 9.74. The molecule has 0 radical (unpaired) electrons. The number of amides is 1. The molecule has 0 unspecified atom stereocenters. The lowest BCUT2D eigenvalue weighted by atomic mass is 10.1. The minimum absolute atomic E-state index is 0.0634. The summed E-state index contributed by atoms with van der Waals surface area (Å²) in [5.41, 5.74) is 5.45. The first kappa shape index (κ1) is 16.7. The normalized spacial score (nSPS) is 11.9. The van der Waals surface area contributed by atoms with Crippen LogP contribution in [0.1, 0.15) is 59.3 Å². The smallest absolute Gasteiger partial charge is 0.223 e. The van der Waals surface area contributed by atoms with Gasteiger partial charge in [-0.1, -0.05) is 37.8 Å². The van der Waals surface area contributed by atoms with E-state index in [-0.39, 0.29) is 24.3 Å². The van der Waals surface area contributed by atoms with Crippen LogP contribution in [0.3, 0.4) is 0 Å². The highest BCUT2D eigenvalue weighted by atomic mass is 16.4. The summed E-state index contributed by atoms with van der Waals surface area (Å²) in [7, 11) is 0. The zero-order chi connectivity index (χ0) is 14.0. The van der Waals surface area contributed by atoms with Crippen molar-refractivity contribution < 1.29 is 10.0 Å². The van der Waals surface area contributed by atoms with Gasteiger partial charge in [-0.3, -0.25) is 4.79 Å². The van der Waals surface area contributed by atoms with E-state index in [0.717, 1.165) is 12.8 Å². The van der Waals surface area contributed by atoms with E-state index in [1.165, 1.54) is 19.3 Å². The minimum atomic E-state index is 0.0634. The van der Waals surface area contributed by atoms with Crippen molar-refractivity contribution in [2.24, 2.45) is 10.9 Å². The van der Waals surface area contributed by atoms with E-state index in [1.54, 1.807) is 4.90 Å². The van der Waals surface area contributed by atoms with E-state index in [0.29, 0.717) is 6.42 Å².